The number of hydrogen-bond donors (Lipinski definition) is 0. The van der Waals surface area contributed by atoms with Crippen LogP contribution in [-0.4, -0.2) is 57.3 Å². The van der Waals surface area contributed by atoms with Gasteiger partial charge in [-0.15, -0.1) is 0 Å². The molecule has 0 saturated carbocycles. The van der Waals surface area contributed by atoms with Crippen molar-refractivity contribution in [3.05, 3.63) is 329 Å². The van der Waals surface area contributed by atoms with E-state index in [1.165, 1.54) is 0 Å². The molecule has 0 amide bonds. The van der Waals surface area contributed by atoms with Crippen molar-refractivity contribution >= 4 is 131 Å². The summed E-state index contributed by atoms with van der Waals surface area (Å²) in [6, 6.07) is 101. The molecule has 22 aromatic rings. The fourth-order valence-electron chi connectivity index (χ4n) is 16.6. The van der Waals surface area contributed by atoms with Crippen LogP contribution < -0.4 is 0 Å². The standard InChI is InChI=1S/C90H54N12/c1-3-15-55(16-4-1)76-50-77(56-17-5-2-6-18-56)96-90(95-76)57-43-62(101-82-31-27-58(97-78-23-11-7-19-64(78)72-51-91-39-35-86(72)97)46-68(82)69-47-59(28-32-83(69)101)98-79-24-12-8-20-65(79)73-52-92-40-36-87(73)98)45-63(44-57)102-84-33-29-60(99-80-25-13-9-21-66(80)74-53-93-41-37-88(74)99)48-70(84)71-49-61(30-34-85(71)102)100-81-26-14-10-22-67(81)75-54-94-42-38-89(75)100/h1-54H. The zero-order valence-corrected chi connectivity index (χ0v) is 54.5. The van der Waals surface area contributed by atoms with Crippen molar-refractivity contribution in [3.63, 3.8) is 0 Å². The summed E-state index contributed by atoms with van der Waals surface area (Å²) in [4.78, 5) is 29.7. The molecule has 0 saturated heterocycles. The Balaban J connectivity index is 0.850. The minimum absolute atomic E-state index is 0.595. The maximum Gasteiger partial charge on any atom is 0.160 e. The van der Waals surface area contributed by atoms with Crippen LogP contribution in [0, 0.1) is 0 Å². The largest absolute Gasteiger partial charge is 0.309 e. The van der Waals surface area contributed by atoms with Gasteiger partial charge in [-0.1, -0.05) is 133 Å². The normalized spacial score (nSPS) is 12.1. The average Bonchev–Trinajstić information content (AvgIpc) is 1.56. The van der Waals surface area contributed by atoms with Crippen LogP contribution in [0.25, 0.3) is 199 Å². The molecule has 11 heterocycles. The lowest BCUT2D eigenvalue weighted by atomic mass is 10.1. The molecule has 0 aliphatic heterocycles. The zero-order chi connectivity index (χ0) is 66.7. The average molecular weight is 1300 g/mol. The lowest BCUT2D eigenvalue weighted by Gasteiger charge is -2.17. The van der Waals surface area contributed by atoms with Crippen molar-refractivity contribution in [1.29, 1.82) is 0 Å². The Morgan fingerprint density at radius 2 is 0.441 bits per heavy atom. The van der Waals surface area contributed by atoms with Gasteiger partial charge in [0.15, 0.2) is 5.82 Å². The molecule has 474 valence electrons. The van der Waals surface area contributed by atoms with Crippen LogP contribution in [0.2, 0.25) is 0 Å². The highest BCUT2D eigenvalue weighted by Crippen LogP contribution is 2.45. The number of pyridine rings is 4. The van der Waals surface area contributed by atoms with E-state index in [2.05, 4.69) is 326 Å². The molecule has 0 aliphatic carbocycles. The molecule has 22 rings (SSSR count). The number of benzene rings is 11. The molecule has 102 heavy (non-hydrogen) atoms. The van der Waals surface area contributed by atoms with E-state index in [9.17, 15) is 0 Å². The highest BCUT2D eigenvalue weighted by Gasteiger charge is 2.25. The van der Waals surface area contributed by atoms with Gasteiger partial charge in [0.05, 0.1) is 77.6 Å². The fourth-order valence-corrected chi connectivity index (χ4v) is 16.6. The number of fused-ring (bicyclic) bond motifs is 18. The van der Waals surface area contributed by atoms with Crippen LogP contribution in [0.5, 0.6) is 0 Å². The second-order valence-electron chi connectivity index (χ2n) is 26.4. The summed E-state index contributed by atoms with van der Waals surface area (Å²) in [5.74, 6) is 0.595. The molecular formula is C90H54N12. The van der Waals surface area contributed by atoms with Gasteiger partial charge in [-0.3, -0.25) is 19.9 Å². The maximum absolute atomic E-state index is 5.59. The third-order valence-electron chi connectivity index (χ3n) is 20.9. The lowest BCUT2D eigenvalue weighted by molar-refractivity contribution is 1.12. The summed E-state index contributed by atoms with van der Waals surface area (Å²) in [5.41, 5.74) is 23.4. The van der Waals surface area contributed by atoms with Crippen LogP contribution in [-0.2, 0) is 0 Å². The third kappa shape index (κ3) is 8.25. The molecule has 12 heteroatoms. The quantitative estimate of drug-likeness (QED) is 0.142. The molecule has 0 fully saturated rings. The zero-order valence-electron chi connectivity index (χ0n) is 54.5. The molecule has 0 N–H and O–H groups in total. The van der Waals surface area contributed by atoms with Crippen LogP contribution >= 0.6 is 0 Å². The molecule has 0 radical (unpaired) electrons. The molecule has 0 unspecified atom stereocenters. The van der Waals surface area contributed by atoms with Crippen LogP contribution in [0.4, 0.5) is 0 Å². The van der Waals surface area contributed by atoms with E-state index in [0.717, 1.165) is 193 Å². The number of hydrogen-bond acceptors (Lipinski definition) is 6. The third-order valence-corrected chi connectivity index (χ3v) is 20.9. The van der Waals surface area contributed by atoms with E-state index < -0.39 is 0 Å². The number of nitrogens with zero attached hydrogens (tertiary/aromatic N) is 12. The highest BCUT2D eigenvalue weighted by atomic mass is 15.1. The van der Waals surface area contributed by atoms with E-state index in [1.54, 1.807) is 0 Å². The Hall–Kier alpha value is -14.1. The summed E-state index contributed by atoms with van der Waals surface area (Å²) in [6.45, 7) is 0. The fraction of sp³-hybridized carbons (Fsp3) is 0. The van der Waals surface area contributed by atoms with Gasteiger partial charge in [0.25, 0.3) is 0 Å². The van der Waals surface area contributed by atoms with Gasteiger partial charge in [-0.05, 0) is 146 Å². The predicted molar refractivity (Wildman–Crippen MR) is 416 cm³/mol. The molecule has 0 spiro atoms. The van der Waals surface area contributed by atoms with Gasteiger partial charge in [0, 0.05) is 165 Å². The first kappa shape index (κ1) is 56.0. The molecule has 0 bridgehead atoms. The molecule has 12 nitrogen and oxygen atoms in total. The molecule has 0 atom stereocenters. The summed E-state index contributed by atoms with van der Waals surface area (Å²) >= 11 is 0. The highest BCUT2D eigenvalue weighted by molar-refractivity contribution is 6.17. The second-order valence-corrected chi connectivity index (χ2v) is 26.4. The second kappa shape index (κ2) is 21.7. The van der Waals surface area contributed by atoms with Gasteiger partial charge >= 0.3 is 0 Å². The number of rotatable bonds is 9. The van der Waals surface area contributed by atoms with E-state index in [4.69, 9.17) is 9.97 Å². The number of para-hydroxylation sites is 4. The van der Waals surface area contributed by atoms with Crippen molar-refractivity contribution < 1.29 is 0 Å². The Kier molecular flexibility index (Phi) is 11.9. The van der Waals surface area contributed by atoms with Gasteiger partial charge in [0.1, 0.15) is 0 Å². The van der Waals surface area contributed by atoms with Crippen molar-refractivity contribution in [3.8, 4) is 68.0 Å². The van der Waals surface area contributed by atoms with Gasteiger partial charge in [-0.25, -0.2) is 9.97 Å². The van der Waals surface area contributed by atoms with E-state index >= 15 is 0 Å². The van der Waals surface area contributed by atoms with Crippen LogP contribution in [0.15, 0.2) is 329 Å². The van der Waals surface area contributed by atoms with Crippen molar-refractivity contribution in [2.45, 2.75) is 0 Å². The minimum atomic E-state index is 0.595. The maximum atomic E-state index is 5.59. The SMILES string of the molecule is c1ccc(-c2cc(-c3ccccc3)nc(-c3cc(-n4c5ccc(-n6c7ccccc7c7cnccc76)cc5c5cc(-n6c7ccccc7c7cnccc76)ccc54)cc(-n4c5ccc(-n6c7ccccc7c7cnccc76)cc5c5cc(-n6c7ccccc7c7cnccc76)ccc54)c3)n2)cc1. The molecule has 11 aromatic carbocycles. The summed E-state index contributed by atoms with van der Waals surface area (Å²) in [7, 11) is 0. The predicted octanol–water partition coefficient (Wildman–Crippen LogP) is 21.6. The Bertz CT molecular complexity index is 6290. The van der Waals surface area contributed by atoms with Crippen LogP contribution in [0.1, 0.15) is 0 Å². The first-order chi connectivity index (χ1) is 50.6. The van der Waals surface area contributed by atoms with E-state index in [1.807, 2.05) is 49.6 Å². The summed E-state index contributed by atoms with van der Waals surface area (Å²) in [5, 5.41) is 13.4. The van der Waals surface area contributed by atoms with Crippen molar-refractivity contribution in [2.24, 2.45) is 0 Å². The van der Waals surface area contributed by atoms with Crippen molar-refractivity contribution in [1.82, 2.24) is 57.3 Å². The minimum Gasteiger partial charge on any atom is -0.309 e. The Labute approximate surface area is 581 Å². The summed E-state index contributed by atoms with van der Waals surface area (Å²) < 4.78 is 14.4. The monoisotopic (exact) mass is 1300 g/mol. The van der Waals surface area contributed by atoms with Gasteiger partial charge < -0.3 is 27.4 Å². The topological polar surface area (TPSA) is 107 Å². The Morgan fingerprint density at radius 1 is 0.176 bits per heavy atom. The molecular weight excluding hydrogens is 1250 g/mol. The van der Waals surface area contributed by atoms with Gasteiger partial charge in [-0.2, -0.15) is 0 Å². The molecule has 11 aromatic heterocycles. The lowest BCUT2D eigenvalue weighted by Crippen LogP contribution is -2.03. The Morgan fingerprint density at radius 3 is 0.755 bits per heavy atom. The first-order valence-corrected chi connectivity index (χ1v) is 34.3. The number of aromatic nitrogens is 12. The first-order valence-electron chi connectivity index (χ1n) is 34.3. The summed E-state index contributed by atoms with van der Waals surface area (Å²) in [6.07, 6.45) is 15.5. The van der Waals surface area contributed by atoms with E-state index in [0.29, 0.717) is 5.82 Å². The van der Waals surface area contributed by atoms with E-state index in [-0.39, 0.29) is 0 Å². The van der Waals surface area contributed by atoms with Gasteiger partial charge in [0.2, 0.25) is 0 Å². The van der Waals surface area contributed by atoms with Crippen LogP contribution in [0.3, 0.4) is 0 Å². The molecule has 0 aliphatic rings. The van der Waals surface area contributed by atoms with Crippen molar-refractivity contribution in [2.75, 3.05) is 0 Å². The smallest absolute Gasteiger partial charge is 0.160 e.